The van der Waals surface area contributed by atoms with Gasteiger partial charge in [-0.25, -0.2) is 0 Å². The van der Waals surface area contributed by atoms with Crippen LogP contribution in [0.25, 0.3) is 0 Å². The van der Waals surface area contributed by atoms with Gasteiger partial charge in [0.2, 0.25) is 17.7 Å². The SMILES string of the molecule is CCN1CC(C(=O)N2CCCC(CNC(C)=O)C2)CC1=O. The van der Waals surface area contributed by atoms with Crippen molar-refractivity contribution in [2.45, 2.75) is 33.1 Å². The Kier molecular flexibility index (Phi) is 5.20. The molecule has 21 heavy (non-hydrogen) atoms. The molecule has 0 aromatic rings. The number of piperidine rings is 1. The zero-order chi connectivity index (χ0) is 15.4. The minimum atomic E-state index is -0.183. The summed E-state index contributed by atoms with van der Waals surface area (Å²) in [7, 11) is 0. The van der Waals surface area contributed by atoms with E-state index in [0.29, 0.717) is 38.5 Å². The average molecular weight is 295 g/mol. The first-order valence-electron chi connectivity index (χ1n) is 7.82. The first-order chi connectivity index (χ1) is 10.0. The number of amides is 3. The van der Waals surface area contributed by atoms with E-state index in [-0.39, 0.29) is 23.6 Å². The van der Waals surface area contributed by atoms with Crippen LogP contribution >= 0.6 is 0 Å². The molecular weight excluding hydrogens is 270 g/mol. The van der Waals surface area contributed by atoms with Crippen molar-refractivity contribution >= 4 is 17.7 Å². The maximum absolute atomic E-state index is 12.6. The Labute approximate surface area is 125 Å². The van der Waals surface area contributed by atoms with Crippen molar-refractivity contribution in [2.75, 3.05) is 32.7 Å². The fraction of sp³-hybridized carbons (Fsp3) is 0.800. The molecule has 3 amide bonds. The Balaban J connectivity index is 1.87. The monoisotopic (exact) mass is 295 g/mol. The van der Waals surface area contributed by atoms with Crippen LogP contribution in [0.1, 0.15) is 33.1 Å². The van der Waals surface area contributed by atoms with Gasteiger partial charge < -0.3 is 15.1 Å². The van der Waals surface area contributed by atoms with Gasteiger partial charge in [0, 0.05) is 46.1 Å². The number of carbonyl (C=O) groups excluding carboxylic acids is 3. The van der Waals surface area contributed by atoms with E-state index in [0.717, 1.165) is 19.4 Å². The molecule has 0 bridgehead atoms. The summed E-state index contributed by atoms with van der Waals surface area (Å²) in [6.07, 6.45) is 2.35. The second kappa shape index (κ2) is 6.91. The van der Waals surface area contributed by atoms with Gasteiger partial charge >= 0.3 is 0 Å². The lowest BCUT2D eigenvalue weighted by molar-refractivity contribution is -0.137. The Morgan fingerprint density at radius 3 is 2.71 bits per heavy atom. The Morgan fingerprint density at radius 1 is 1.33 bits per heavy atom. The highest BCUT2D eigenvalue weighted by molar-refractivity contribution is 5.89. The predicted molar refractivity (Wildman–Crippen MR) is 78.3 cm³/mol. The van der Waals surface area contributed by atoms with E-state index in [1.807, 2.05) is 11.8 Å². The van der Waals surface area contributed by atoms with Crippen LogP contribution in [0.4, 0.5) is 0 Å². The van der Waals surface area contributed by atoms with Gasteiger partial charge in [-0.1, -0.05) is 0 Å². The molecule has 2 aliphatic heterocycles. The predicted octanol–water partition coefficient (Wildman–Crippen LogP) is 0.230. The van der Waals surface area contributed by atoms with Gasteiger partial charge in [0.1, 0.15) is 0 Å². The third-order valence-corrected chi connectivity index (χ3v) is 4.42. The molecule has 2 heterocycles. The van der Waals surface area contributed by atoms with E-state index < -0.39 is 0 Å². The quantitative estimate of drug-likeness (QED) is 0.807. The van der Waals surface area contributed by atoms with Crippen molar-refractivity contribution in [2.24, 2.45) is 11.8 Å². The maximum atomic E-state index is 12.6. The Morgan fingerprint density at radius 2 is 2.10 bits per heavy atom. The van der Waals surface area contributed by atoms with Crippen molar-refractivity contribution in [3.8, 4) is 0 Å². The molecule has 1 N–H and O–H groups in total. The summed E-state index contributed by atoms with van der Waals surface area (Å²) in [5.41, 5.74) is 0. The summed E-state index contributed by atoms with van der Waals surface area (Å²) >= 11 is 0. The highest BCUT2D eigenvalue weighted by Gasteiger charge is 2.36. The zero-order valence-corrected chi connectivity index (χ0v) is 12.9. The molecular formula is C15H25N3O3. The molecule has 0 saturated carbocycles. The van der Waals surface area contributed by atoms with Crippen LogP contribution < -0.4 is 5.32 Å². The summed E-state index contributed by atoms with van der Waals surface area (Å²) in [4.78, 5) is 38.9. The minimum Gasteiger partial charge on any atom is -0.356 e. The summed E-state index contributed by atoms with van der Waals surface area (Å²) in [5.74, 6) is 0.302. The molecule has 2 unspecified atom stereocenters. The topological polar surface area (TPSA) is 69.7 Å². The van der Waals surface area contributed by atoms with E-state index in [2.05, 4.69) is 5.32 Å². The molecule has 0 radical (unpaired) electrons. The smallest absolute Gasteiger partial charge is 0.228 e. The van der Waals surface area contributed by atoms with Gasteiger partial charge in [-0.15, -0.1) is 0 Å². The molecule has 0 aromatic carbocycles. The van der Waals surface area contributed by atoms with E-state index in [1.165, 1.54) is 6.92 Å². The van der Waals surface area contributed by atoms with E-state index in [9.17, 15) is 14.4 Å². The van der Waals surface area contributed by atoms with Gasteiger partial charge in [0.15, 0.2) is 0 Å². The lowest BCUT2D eigenvalue weighted by Crippen LogP contribution is -2.46. The zero-order valence-electron chi connectivity index (χ0n) is 12.9. The number of carbonyl (C=O) groups is 3. The lowest BCUT2D eigenvalue weighted by atomic mass is 9.96. The van der Waals surface area contributed by atoms with Crippen molar-refractivity contribution in [1.82, 2.24) is 15.1 Å². The van der Waals surface area contributed by atoms with Crippen LogP contribution in [0.3, 0.4) is 0 Å². The largest absolute Gasteiger partial charge is 0.356 e. The first kappa shape index (κ1) is 15.8. The van der Waals surface area contributed by atoms with Gasteiger partial charge in [0.25, 0.3) is 0 Å². The molecule has 118 valence electrons. The summed E-state index contributed by atoms with van der Waals surface area (Å²) in [6, 6.07) is 0. The lowest BCUT2D eigenvalue weighted by Gasteiger charge is -2.34. The molecule has 0 aromatic heterocycles. The van der Waals surface area contributed by atoms with Crippen molar-refractivity contribution in [1.29, 1.82) is 0 Å². The normalized spacial score (nSPS) is 26.1. The van der Waals surface area contributed by atoms with Crippen molar-refractivity contribution in [3.63, 3.8) is 0 Å². The van der Waals surface area contributed by atoms with Gasteiger partial charge in [-0.05, 0) is 25.7 Å². The van der Waals surface area contributed by atoms with E-state index in [4.69, 9.17) is 0 Å². The molecule has 0 aliphatic carbocycles. The second-order valence-electron chi connectivity index (χ2n) is 6.06. The average Bonchev–Trinajstić information content (AvgIpc) is 2.85. The molecule has 2 fully saturated rings. The standard InChI is InChI=1S/C15H25N3O3/c1-3-17-10-13(7-14(17)20)15(21)18-6-4-5-12(9-18)8-16-11(2)19/h12-13H,3-10H2,1-2H3,(H,16,19). The molecule has 2 rings (SSSR count). The summed E-state index contributed by atoms with van der Waals surface area (Å²) < 4.78 is 0. The number of rotatable bonds is 4. The fourth-order valence-electron chi connectivity index (χ4n) is 3.22. The van der Waals surface area contributed by atoms with Crippen molar-refractivity contribution < 1.29 is 14.4 Å². The number of likely N-dealkylation sites (tertiary alicyclic amines) is 2. The fourth-order valence-corrected chi connectivity index (χ4v) is 3.22. The molecule has 6 heteroatoms. The summed E-state index contributed by atoms with van der Waals surface area (Å²) in [5, 5.41) is 2.83. The van der Waals surface area contributed by atoms with Gasteiger partial charge in [-0.3, -0.25) is 14.4 Å². The molecule has 6 nitrogen and oxygen atoms in total. The van der Waals surface area contributed by atoms with Crippen LogP contribution in [-0.4, -0.2) is 60.2 Å². The maximum Gasteiger partial charge on any atom is 0.228 e. The molecule has 2 saturated heterocycles. The van der Waals surface area contributed by atoms with E-state index >= 15 is 0 Å². The van der Waals surface area contributed by atoms with Crippen LogP contribution in [0.2, 0.25) is 0 Å². The summed E-state index contributed by atoms with van der Waals surface area (Å²) in [6.45, 7) is 6.77. The second-order valence-corrected chi connectivity index (χ2v) is 6.06. The molecule has 2 aliphatic rings. The molecule has 0 spiro atoms. The van der Waals surface area contributed by atoms with E-state index in [1.54, 1.807) is 4.90 Å². The van der Waals surface area contributed by atoms with Crippen LogP contribution in [0.5, 0.6) is 0 Å². The van der Waals surface area contributed by atoms with Gasteiger partial charge in [-0.2, -0.15) is 0 Å². The Bertz CT molecular complexity index is 424. The van der Waals surface area contributed by atoms with Crippen LogP contribution in [0.15, 0.2) is 0 Å². The van der Waals surface area contributed by atoms with Crippen molar-refractivity contribution in [3.05, 3.63) is 0 Å². The van der Waals surface area contributed by atoms with Gasteiger partial charge in [0.05, 0.1) is 5.92 Å². The number of nitrogens with one attached hydrogen (secondary N) is 1. The van der Waals surface area contributed by atoms with Crippen LogP contribution in [-0.2, 0) is 14.4 Å². The number of hydrogen-bond acceptors (Lipinski definition) is 3. The molecule has 2 atom stereocenters. The van der Waals surface area contributed by atoms with Crippen LogP contribution in [0, 0.1) is 11.8 Å². The highest BCUT2D eigenvalue weighted by atomic mass is 16.2. The third-order valence-electron chi connectivity index (χ3n) is 4.42. The highest BCUT2D eigenvalue weighted by Crippen LogP contribution is 2.23. The first-order valence-corrected chi connectivity index (χ1v) is 7.82. The number of nitrogens with zero attached hydrogens (tertiary/aromatic N) is 2. The minimum absolute atomic E-state index is 0.0292. The Hall–Kier alpha value is -1.59. The number of hydrogen-bond donors (Lipinski definition) is 1. The third kappa shape index (κ3) is 3.95.